The molecule has 1 saturated carbocycles. The molecule has 1 N–H and O–H groups in total. The van der Waals surface area contributed by atoms with E-state index >= 15 is 0 Å². The van der Waals surface area contributed by atoms with Crippen molar-refractivity contribution in [2.45, 2.75) is 37.9 Å². The third-order valence-electron chi connectivity index (χ3n) is 6.13. The molecule has 1 aromatic heterocycles. The van der Waals surface area contributed by atoms with Crippen LogP contribution in [0.5, 0.6) is 0 Å². The zero-order valence-electron chi connectivity index (χ0n) is 15.0. The van der Waals surface area contributed by atoms with E-state index in [9.17, 15) is 18.0 Å². The molecule has 5 nitrogen and oxygen atoms in total. The molecule has 27 heavy (non-hydrogen) atoms. The first-order valence-electron chi connectivity index (χ1n) is 9.58. The lowest BCUT2D eigenvalue weighted by atomic mass is 9.90. The Kier molecular flexibility index (Phi) is 5.01. The van der Waals surface area contributed by atoms with Crippen LogP contribution < -0.4 is 10.2 Å². The topological polar surface area (TPSA) is 54.5 Å². The number of alkyl halides is 3. The second kappa shape index (κ2) is 7.30. The fourth-order valence-electron chi connectivity index (χ4n) is 4.65. The molecule has 0 aromatic carbocycles. The van der Waals surface area contributed by atoms with Crippen molar-refractivity contribution in [1.82, 2.24) is 10.3 Å². The van der Waals surface area contributed by atoms with Crippen molar-refractivity contribution in [2.75, 3.05) is 31.2 Å². The van der Waals surface area contributed by atoms with Crippen LogP contribution in [0.4, 0.5) is 19.0 Å². The molecule has 1 unspecified atom stereocenters. The van der Waals surface area contributed by atoms with Gasteiger partial charge in [-0.1, -0.05) is 0 Å². The molecule has 8 heteroatoms. The molecule has 3 aliphatic rings. The molecule has 148 valence electrons. The molecule has 3 heterocycles. The molecule has 3 atom stereocenters. The second-order valence-corrected chi connectivity index (χ2v) is 7.82. The SMILES string of the molecule is O=C(NC1[C@@H]2CC[C@H]1CN(c1cc(C(F)(F)F)ccn1)C2)C1CCOCC1. The standard InChI is InChI=1S/C19H24F3N3O2/c20-19(21,22)15-3-6-23-16(9-15)25-10-13-1-2-14(11-25)17(13)24-18(26)12-4-7-27-8-5-12/h3,6,9,12-14,17H,1-2,4-5,7-8,10-11H2,(H,24,26)/t13-,14+,17?. The number of ether oxygens (including phenoxy) is 1. The minimum atomic E-state index is -4.37. The van der Waals surface area contributed by atoms with Gasteiger partial charge in [-0.25, -0.2) is 4.98 Å². The molecule has 1 aliphatic carbocycles. The summed E-state index contributed by atoms with van der Waals surface area (Å²) in [5.74, 6) is 0.996. The third-order valence-corrected chi connectivity index (χ3v) is 6.13. The van der Waals surface area contributed by atoms with Crippen molar-refractivity contribution in [3.63, 3.8) is 0 Å². The Labute approximate surface area is 156 Å². The maximum absolute atomic E-state index is 13.0. The summed E-state index contributed by atoms with van der Waals surface area (Å²) in [5.41, 5.74) is -0.671. The number of nitrogens with zero attached hydrogens (tertiary/aromatic N) is 2. The lowest BCUT2D eigenvalue weighted by molar-refractivity contribution is -0.137. The molecule has 4 rings (SSSR count). The Hall–Kier alpha value is -1.83. The zero-order chi connectivity index (χ0) is 19.0. The highest BCUT2D eigenvalue weighted by Crippen LogP contribution is 2.39. The van der Waals surface area contributed by atoms with E-state index in [0.29, 0.717) is 32.1 Å². The van der Waals surface area contributed by atoms with Gasteiger partial charge in [0.2, 0.25) is 5.91 Å². The van der Waals surface area contributed by atoms with Crippen molar-refractivity contribution in [2.24, 2.45) is 17.8 Å². The number of amides is 1. The number of nitrogens with one attached hydrogen (secondary N) is 1. The number of rotatable bonds is 3. The molecule has 0 radical (unpaired) electrons. The first kappa shape index (κ1) is 18.5. The molecule has 0 spiro atoms. The van der Waals surface area contributed by atoms with E-state index in [4.69, 9.17) is 4.74 Å². The molecular formula is C19H24F3N3O2. The lowest BCUT2D eigenvalue weighted by Crippen LogP contribution is -2.54. The average Bonchev–Trinajstić information content (AvgIpc) is 2.89. The molecule has 2 bridgehead atoms. The highest BCUT2D eigenvalue weighted by Gasteiger charge is 2.44. The minimum absolute atomic E-state index is 0.0151. The smallest absolute Gasteiger partial charge is 0.381 e. The summed E-state index contributed by atoms with van der Waals surface area (Å²) in [7, 11) is 0. The summed E-state index contributed by atoms with van der Waals surface area (Å²) < 4.78 is 44.3. The maximum Gasteiger partial charge on any atom is 0.416 e. The van der Waals surface area contributed by atoms with Crippen LogP contribution in [-0.2, 0) is 15.7 Å². The number of hydrogen-bond donors (Lipinski definition) is 1. The van der Waals surface area contributed by atoms with E-state index in [1.54, 1.807) is 0 Å². The average molecular weight is 383 g/mol. The van der Waals surface area contributed by atoms with Gasteiger partial charge in [-0.2, -0.15) is 13.2 Å². The van der Waals surface area contributed by atoms with Crippen molar-refractivity contribution in [3.8, 4) is 0 Å². The Morgan fingerprint density at radius 1 is 1.15 bits per heavy atom. The fourth-order valence-corrected chi connectivity index (χ4v) is 4.65. The van der Waals surface area contributed by atoms with Gasteiger partial charge in [0.25, 0.3) is 0 Å². The monoisotopic (exact) mass is 383 g/mol. The van der Waals surface area contributed by atoms with Gasteiger partial charge in [-0.15, -0.1) is 0 Å². The van der Waals surface area contributed by atoms with Crippen LogP contribution >= 0.6 is 0 Å². The Morgan fingerprint density at radius 2 is 1.81 bits per heavy atom. The van der Waals surface area contributed by atoms with Crippen LogP contribution in [0, 0.1) is 17.8 Å². The number of fused-ring (bicyclic) bond motifs is 2. The lowest BCUT2D eigenvalue weighted by Gasteiger charge is -2.39. The van der Waals surface area contributed by atoms with Crippen LogP contribution in [-0.4, -0.2) is 43.2 Å². The van der Waals surface area contributed by atoms with Gasteiger partial charge >= 0.3 is 6.18 Å². The van der Waals surface area contributed by atoms with Gasteiger partial charge in [0.15, 0.2) is 0 Å². The van der Waals surface area contributed by atoms with Gasteiger partial charge in [0.1, 0.15) is 5.82 Å². The van der Waals surface area contributed by atoms with E-state index in [0.717, 1.165) is 37.8 Å². The van der Waals surface area contributed by atoms with Crippen molar-refractivity contribution in [1.29, 1.82) is 0 Å². The van der Waals surface area contributed by atoms with Gasteiger partial charge < -0.3 is 15.0 Å². The van der Waals surface area contributed by atoms with Crippen LogP contribution in [0.25, 0.3) is 0 Å². The maximum atomic E-state index is 13.0. The number of piperidine rings is 1. The van der Waals surface area contributed by atoms with E-state index < -0.39 is 11.7 Å². The number of anilines is 1. The highest BCUT2D eigenvalue weighted by molar-refractivity contribution is 5.79. The van der Waals surface area contributed by atoms with Crippen LogP contribution in [0.3, 0.4) is 0 Å². The number of hydrogen-bond acceptors (Lipinski definition) is 4. The summed E-state index contributed by atoms with van der Waals surface area (Å²) in [6.07, 6.45) is 0.339. The van der Waals surface area contributed by atoms with Crippen molar-refractivity contribution < 1.29 is 22.7 Å². The van der Waals surface area contributed by atoms with Crippen molar-refractivity contribution in [3.05, 3.63) is 23.9 Å². The van der Waals surface area contributed by atoms with Crippen molar-refractivity contribution >= 4 is 11.7 Å². The third kappa shape index (κ3) is 3.90. The molecule has 1 aromatic rings. The quantitative estimate of drug-likeness (QED) is 0.872. The Morgan fingerprint density at radius 3 is 2.44 bits per heavy atom. The zero-order valence-corrected chi connectivity index (χ0v) is 15.0. The number of carbonyl (C=O) groups is 1. The van der Waals surface area contributed by atoms with Gasteiger partial charge in [0.05, 0.1) is 5.56 Å². The van der Waals surface area contributed by atoms with Crippen LogP contribution in [0.15, 0.2) is 18.3 Å². The first-order valence-corrected chi connectivity index (χ1v) is 9.58. The summed E-state index contributed by atoms with van der Waals surface area (Å²) in [5, 5.41) is 3.24. The number of pyridine rings is 1. The van der Waals surface area contributed by atoms with Gasteiger partial charge in [-0.05, 0) is 49.7 Å². The largest absolute Gasteiger partial charge is 0.416 e. The number of halogens is 3. The number of carbonyl (C=O) groups excluding carboxylic acids is 1. The molecular weight excluding hydrogens is 359 g/mol. The Bertz CT molecular complexity index is 677. The molecule has 2 aliphatic heterocycles. The normalized spacial score (nSPS) is 29.0. The van der Waals surface area contributed by atoms with Gasteiger partial charge in [0, 0.05) is 44.5 Å². The van der Waals surface area contributed by atoms with E-state index in [-0.39, 0.29) is 29.7 Å². The van der Waals surface area contributed by atoms with E-state index in [1.807, 2.05) is 4.90 Å². The van der Waals surface area contributed by atoms with Crippen LogP contribution in [0.2, 0.25) is 0 Å². The Balaban J connectivity index is 1.42. The van der Waals surface area contributed by atoms with Gasteiger partial charge in [-0.3, -0.25) is 4.79 Å². The predicted octanol–water partition coefficient (Wildman–Crippen LogP) is 2.86. The van der Waals surface area contributed by atoms with E-state index in [2.05, 4.69) is 10.3 Å². The summed E-state index contributed by atoms with van der Waals surface area (Å²) in [4.78, 5) is 18.7. The van der Waals surface area contributed by atoms with Crippen LogP contribution in [0.1, 0.15) is 31.2 Å². The first-order chi connectivity index (χ1) is 12.9. The molecule has 3 fully saturated rings. The molecule has 2 saturated heterocycles. The van der Waals surface area contributed by atoms with E-state index in [1.165, 1.54) is 6.20 Å². The second-order valence-electron chi connectivity index (χ2n) is 7.82. The number of aromatic nitrogens is 1. The summed E-state index contributed by atoms with van der Waals surface area (Å²) in [6.45, 7) is 2.52. The minimum Gasteiger partial charge on any atom is -0.381 e. The summed E-state index contributed by atoms with van der Waals surface area (Å²) in [6, 6.07) is 2.24. The highest BCUT2D eigenvalue weighted by atomic mass is 19.4. The summed E-state index contributed by atoms with van der Waals surface area (Å²) >= 11 is 0. The fraction of sp³-hybridized carbons (Fsp3) is 0.684. The molecule has 1 amide bonds. The predicted molar refractivity (Wildman–Crippen MR) is 93.1 cm³/mol.